The highest BCUT2D eigenvalue weighted by atomic mass is 28.5. The van der Waals surface area contributed by atoms with Crippen molar-refractivity contribution >= 4 is 35.7 Å². The summed E-state index contributed by atoms with van der Waals surface area (Å²) in [7, 11) is -8.76. The third kappa shape index (κ3) is 8.47. The Morgan fingerprint density at radius 1 is 0.800 bits per heavy atom. The second kappa shape index (κ2) is 5.84. The largest absolute Gasteiger partial charge is 0.418 e. The van der Waals surface area contributed by atoms with Crippen LogP contribution in [0.15, 0.2) is 0 Å². The number of hydrogen-bond acceptors (Lipinski definition) is 5. The first-order chi connectivity index (χ1) is 6.54. The van der Waals surface area contributed by atoms with Crippen molar-refractivity contribution in [1.29, 1.82) is 0 Å². The Morgan fingerprint density at radius 3 is 1.27 bits per heavy atom. The van der Waals surface area contributed by atoms with Crippen LogP contribution in [-0.4, -0.2) is 45.3 Å². The smallest absolute Gasteiger partial charge is 0.313 e. The summed E-state index contributed by atoms with van der Waals surface area (Å²) in [5.74, 6) is 0. The molecular formula is C6H22O5Si4. The standard InChI is InChI=1S/C6H22O5Si4/c1-12(7)9-14(3,4)11-15(5,6)10-13(2)8/h7-8,12-13H,1-6H3. The van der Waals surface area contributed by atoms with Crippen molar-refractivity contribution in [1.82, 2.24) is 0 Å². The lowest BCUT2D eigenvalue weighted by Gasteiger charge is -2.34. The van der Waals surface area contributed by atoms with E-state index in [9.17, 15) is 9.59 Å². The minimum atomic E-state index is -2.31. The summed E-state index contributed by atoms with van der Waals surface area (Å²) >= 11 is 0. The van der Waals surface area contributed by atoms with Crippen molar-refractivity contribution in [2.24, 2.45) is 0 Å². The predicted octanol–water partition coefficient (Wildman–Crippen LogP) is 0.125. The van der Waals surface area contributed by atoms with E-state index in [1.807, 2.05) is 26.2 Å². The van der Waals surface area contributed by atoms with Gasteiger partial charge in [0.05, 0.1) is 0 Å². The van der Waals surface area contributed by atoms with Gasteiger partial charge in [0.15, 0.2) is 0 Å². The van der Waals surface area contributed by atoms with E-state index in [-0.39, 0.29) is 0 Å². The summed E-state index contributed by atoms with van der Waals surface area (Å²) < 4.78 is 16.7. The molecule has 0 aromatic rings. The highest BCUT2D eigenvalue weighted by molar-refractivity contribution is 6.83. The molecule has 0 aromatic heterocycles. The monoisotopic (exact) mass is 286 g/mol. The third-order valence-electron chi connectivity index (χ3n) is 1.40. The number of hydrogen-bond donors (Lipinski definition) is 2. The quantitative estimate of drug-likeness (QED) is 0.679. The van der Waals surface area contributed by atoms with Crippen LogP contribution in [0.25, 0.3) is 0 Å². The van der Waals surface area contributed by atoms with Crippen LogP contribution in [-0.2, 0) is 12.3 Å². The first-order valence-electron chi connectivity index (χ1n) is 4.96. The van der Waals surface area contributed by atoms with Crippen molar-refractivity contribution in [3.8, 4) is 0 Å². The van der Waals surface area contributed by atoms with Crippen LogP contribution in [0, 0.1) is 0 Å². The Bertz CT molecular complexity index is 176. The van der Waals surface area contributed by atoms with Gasteiger partial charge in [-0.2, -0.15) is 0 Å². The van der Waals surface area contributed by atoms with E-state index in [4.69, 9.17) is 12.3 Å². The Balaban J connectivity index is 4.29. The molecule has 0 aromatic carbocycles. The molecule has 0 aliphatic rings. The average Bonchev–Trinajstić information content (AvgIpc) is 1.73. The summed E-state index contributed by atoms with van der Waals surface area (Å²) in [4.78, 5) is 18.5. The molecular weight excluding hydrogens is 264 g/mol. The zero-order chi connectivity index (χ0) is 12.3. The average molecular weight is 287 g/mol. The van der Waals surface area contributed by atoms with Gasteiger partial charge in [-0.25, -0.2) is 0 Å². The molecule has 0 rings (SSSR count). The maximum Gasteiger partial charge on any atom is 0.313 e. The minimum Gasteiger partial charge on any atom is -0.418 e. The summed E-state index contributed by atoms with van der Waals surface area (Å²) in [6.45, 7) is 10.9. The van der Waals surface area contributed by atoms with Crippen molar-refractivity contribution in [2.45, 2.75) is 39.3 Å². The van der Waals surface area contributed by atoms with E-state index in [1.165, 1.54) is 0 Å². The van der Waals surface area contributed by atoms with Gasteiger partial charge in [0.25, 0.3) is 0 Å². The van der Waals surface area contributed by atoms with Gasteiger partial charge < -0.3 is 21.9 Å². The Hall–Kier alpha value is 0.668. The van der Waals surface area contributed by atoms with Crippen molar-refractivity contribution in [3.63, 3.8) is 0 Å². The fourth-order valence-electron chi connectivity index (χ4n) is 1.46. The fraction of sp³-hybridized carbons (Fsp3) is 1.00. The van der Waals surface area contributed by atoms with Crippen molar-refractivity contribution in [3.05, 3.63) is 0 Å². The third-order valence-corrected chi connectivity index (χ3v) is 12.6. The van der Waals surface area contributed by atoms with Gasteiger partial charge in [-0.3, -0.25) is 0 Å². The molecule has 0 heterocycles. The van der Waals surface area contributed by atoms with Crippen LogP contribution >= 0.6 is 0 Å². The minimum absolute atomic E-state index is 1.69. The van der Waals surface area contributed by atoms with Gasteiger partial charge in [-0.15, -0.1) is 0 Å². The normalized spacial score (nSPS) is 17.6. The van der Waals surface area contributed by atoms with Gasteiger partial charge in [-0.1, -0.05) is 0 Å². The van der Waals surface area contributed by atoms with Crippen LogP contribution in [0.4, 0.5) is 0 Å². The second-order valence-corrected chi connectivity index (χ2v) is 15.0. The lowest BCUT2D eigenvalue weighted by atomic mass is 11.9. The highest BCUT2D eigenvalue weighted by Crippen LogP contribution is 2.17. The van der Waals surface area contributed by atoms with Crippen LogP contribution in [0.5, 0.6) is 0 Å². The zero-order valence-corrected chi connectivity index (χ0v) is 14.6. The molecule has 0 saturated heterocycles. The van der Waals surface area contributed by atoms with Gasteiger partial charge >= 0.3 is 35.7 Å². The van der Waals surface area contributed by atoms with Crippen LogP contribution in [0.2, 0.25) is 39.3 Å². The maximum absolute atomic E-state index is 9.27. The second-order valence-electron chi connectivity index (χ2n) is 4.34. The van der Waals surface area contributed by atoms with Crippen LogP contribution in [0.1, 0.15) is 0 Å². The van der Waals surface area contributed by atoms with Gasteiger partial charge in [0.1, 0.15) is 0 Å². The molecule has 0 radical (unpaired) electrons. The van der Waals surface area contributed by atoms with Crippen LogP contribution in [0.3, 0.4) is 0 Å². The molecule has 0 aliphatic carbocycles. The Kier molecular flexibility index (Phi) is 6.10. The molecule has 0 aliphatic heterocycles. The highest BCUT2D eigenvalue weighted by Gasteiger charge is 2.38. The van der Waals surface area contributed by atoms with E-state index < -0.39 is 35.7 Å². The molecule has 2 N–H and O–H groups in total. The lowest BCUT2D eigenvalue weighted by molar-refractivity contribution is 0.296. The molecule has 9 heteroatoms. The first-order valence-corrected chi connectivity index (χ1v) is 14.9. The molecule has 92 valence electrons. The summed E-state index contributed by atoms with van der Waals surface area (Å²) in [5, 5.41) is 0. The van der Waals surface area contributed by atoms with Gasteiger partial charge in [0, 0.05) is 0 Å². The van der Waals surface area contributed by atoms with Gasteiger partial charge in [0.2, 0.25) is 0 Å². The topological polar surface area (TPSA) is 68.2 Å². The molecule has 15 heavy (non-hydrogen) atoms. The molecule has 2 unspecified atom stereocenters. The number of rotatable bonds is 6. The molecule has 0 amide bonds. The van der Waals surface area contributed by atoms with E-state index >= 15 is 0 Å². The summed E-state index contributed by atoms with van der Waals surface area (Å²) in [6.07, 6.45) is 0. The molecule has 0 fully saturated rings. The van der Waals surface area contributed by atoms with Crippen molar-refractivity contribution < 1.29 is 21.9 Å². The first kappa shape index (κ1) is 15.7. The Morgan fingerprint density at radius 2 is 1.07 bits per heavy atom. The molecule has 0 spiro atoms. The van der Waals surface area contributed by atoms with Crippen LogP contribution < -0.4 is 0 Å². The van der Waals surface area contributed by atoms with E-state index in [0.29, 0.717) is 0 Å². The summed E-state index contributed by atoms with van der Waals surface area (Å²) in [6, 6.07) is 0. The predicted molar refractivity (Wildman–Crippen MR) is 68.7 cm³/mol. The fourth-order valence-corrected chi connectivity index (χ4v) is 14.0. The molecule has 5 nitrogen and oxygen atoms in total. The molecule has 0 saturated carbocycles. The van der Waals surface area contributed by atoms with E-state index in [0.717, 1.165) is 0 Å². The lowest BCUT2D eigenvalue weighted by Crippen LogP contribution is -2.52. The molecule has 0 bridgehead atoms. The van der Waals surface area contributed by atoms with E-state index in [1.54, 1.807) is 13.1 Å². The van der Waals surface area contributed by atoms with Crippen molar-refractivity contribution in [2.75, 3.05) is 0 Å². The van der Waals surface area contributed by atoms with Gasteiger partial charge in [-0.05, 0) is 39.3 Å². The summed E-state index contributed by atoms with van der Waals surface area (Å²) in [5.41, 5.74) is 0. The SMILES string of the molecule is C[SiH](O)O[Si](C)(C)O[Si](C)(C)O[SiH](C)O. The molecule has 2 atom stereocenters. The Labute approximate surface area is 97.2 Å². The maximum atomic E-state index is 9.27. The van der Waals surface area contributed by atoms with E-state index in [2.05, 4.69) is 0 Å². The zero-order valence-electron chi connectivity index (χ0n) is 10.3.